The van der Waals surface area contributed by atoms with E-state index in [2.05, 4.69) is 0 Å². The third kappa shape index (κ3) is 2.14. The largest absolute Gasteiger partial charge is 0.326 e. The van der Waals surface area contributed by atoms with Crippen molar-refractivity contribution >= 4 is 0 Å². The molecule has 7 heteroatoms. The van der Waals surface area contributed by atoms with Crippen LogP contribution in [0.5, 0.6) is 0 Å². The van der Waals surface area contributed by atoms with Gasteiger partial charge in [-0.2, -0.15) is 0 Å². The zero-order valence-electron chi connectivity index (χ0n) is 9.78. The van der Waals surface area contributed by atoms with Crippen LogP contribution < -0.4 is 5.73 Å². The average molecular weight is 291 g/mol. The molecule has 0 heterocycles. The van der Waals surface area contributed by atoms with Crippen LogP contribution in [0.1, 0.15) is 5.56 Å². The smallest absolute Gasteiger partial charge is 0.200 e. The van der Waals surface area contributed by atoms with Gasteiger partial charge in [0.2, 0.25) is 5.82 Å². The molecule has 0 amide bonds. The zero-order valence-corrected chi connectivity index (χ0v) is 9.78. The molecule has 0 radical (unpaired) electrons. The summed E-state index contributed by atoms with van der Waals surface area (Å²) in [5.74, 6) is -11.8. The van der Waals surface area contributed by atoms with Crippen molar-refractivity contribution in [2.75, 3.05) is 0 Å². The van der Waals surface area contributed by atoms with Crippen molar-refractivity contribution in [3.8, 4) is 11.1 Å². The normalized spacial score (nSPS) is 10.9. The van der Waals surface area contributed by atoms with Gasteiger partial charge < -0.3 is 5.73 Å². The van der Waals surface area contributed by atoms with Crippen molar-refractivity contribution < 1.29 is 26.3 Å². The first-order valence-electron chi connectivity index (χ1n) is 5.38. The molecule has 0 fully saturated rings. The molecule has 0 spiro atoms. The average Bonchev–Trinajstić information content (AvgIpc) is 2.45. The van der Waals surface area contributed by atoms with E-state index in [4.69, 9.17) is 5.73 Å². The minimum atomic E-state index is -2.29. The Kier molecular flexibility index (Phi) is 3.71. The van der Waals surface area contributed by atoms with E-state index in [0.717, 1.165) is 12.1 Å². The second-order valence-electron chi connectivity index (χ2n) is 3.96. The highest BCUT2D eigenvalue weighted by molar-refractivity contribution is 5.66. The lowest BCUT2D eigenvalue weighted by atomic mass is 10.0. The Morgan fingerprint density at radius 1 is 0.750 bits per heavy atom. The summed E-state index contributed by atoms with van der Waals surface area (Å²) in [6, 6.07) is 3.02. The number of hydrogen-bond donors (Lipinski definition) is 1. The van der Waals surface area contributed by atoms with Gasteiger partial charge in [-0.25, -0.2) is 26.3 Å². The summed E-state index contributed by atoms with van der Waals surface area (Å²) in [4.78, 5) is 0. The Hall–Kier alpha value is -2.02. The summed E-state index contributed by atoms with van der Waals surface area (Å²) >= 11 is 0. The van der Waals surface area contributed by atoms with Crippen LogP contribution in [0.3, 0.4) is 0 Å². The Balaban J connectivity index is 2.83. The van der Waals surface area contributed by atoms with Gasteiger partial charge in [-0.3, -0.25) is 0 Å². The molecule has 20 heavy (non-hydrogen) atoms. The van der Waals surface area contributed by atoms with Crippen molar-refractivity contribution in [3.05, 3.63) is 58.7 Å². The van der Waals surface area contributed by atoms with Gasteiger partial charge in [0.1, 0.15) is 5.82 Å². The second kappa shape index (κ2) is 5.16. The highest BCUT2D eigenvalue weighted by atomic mass is 19.2. The van der Waals surface area contributed by atoms with Crippen molar-refractivity contribution in [2.45, 2.75) is 6.54 Å². The summed E-state index contributed by atoms with van der Waals surface area (Å²) in [6.45, 7) is -0.0807. The van der Waals surface area contributed by atoms with Gasteiger partial charge in [-0.15, -0.1) is 0 Å². The van der Waals surface area contributed by atoms with E-state index in [-0.39, 0.29) is 12.1 Å². The molecule has 0 saturated heterocycles. The second-order valence-corrected chi connectivity index (χ2v) is 3.96. The van der Waals surface area contributed by atoms with Crippen molar-refractivity contribution in [3.63, 3.8) is 0 Å². The molecule has 2 rings (SSSR count). The van der Waals surface area contributed by atoms with Crippen LogP contribution in [0.2, 0.25) is 0 Å². The summed E-state index contributed by atoms with van der Waals surface area (Å²) in [7, 11) is 0. The van der Waals surface area contributed by atoms with Crippen molar-refractivity contribution in [2.24, 2.45) is 5.73 Å². The van der Waals surface area contributed by atoms with Crippen LogP contribution in [-0.2, 0) is 6.54 Å². The van der Waals surface area contributed by atoms with E-state index in [9.17, 15) is 26.3 Å². The molecule has 2 aromatic rings. The predicted octanol–water partition coefficient (Wildman–Crippen LogP) is 3.65. The molecule has 106 valence electrons. The molecule has 2 N–H and O–H groups in total. The van der Waals surface area contributed by atoms with Gasteiger partial charge in [-0.05, 0) is 17.7 Å². The molecule has 0 aromatic heterocycles. The summed E-state index contributed by atoms with van der Waals surface area (Å²) in [5.41, 5.74) is 3.53. The number of halogens is 6. The Morgan fingerprint density at radius 3 is 1.75 bits per heavy atom. The quantitative estimate of drug-likeness (QED) is 0.510. The molecular weight excluding hydrogens is 284 g/mol. The Morgan fingerprint density at radius 2 is 1.25 bits per heavy atom. The lowest BCUT2D eigenvalue weighted by Crippen LogP contribution is -2.06. The molecule has 0 bridgehead atoms. The lowest BCUT2D eigenvalue weighted by Gasteiger charge is -2.10. The summed E-state index contributed by atoms with van der Waals surface area (Å²) < 4.78 is 79.9. The van der Waals surface area contributed by atoms with Crippen LogP contribution in [0.15, 0.2) is 18.2 Å². The molecule has 0 unspecified atom stereocenters. The Labute approximate surface area is 109 Å². The monoisotopic (exact) mass is 291 g/mol. The fourth-order valence-electron chi connectivity index (χ4n) is 1.73. The van der Waals surface area contributed by atoms with E-state index in [1.807, 2.05) is 0 Å². The standard InChI is InChI=1S/C13H7F6N/c14-7-2-1-5(4-20)3-6(7)8-9(15)11(17)13(19)12(18)10(8)16/h1-3H,4,20H2. The first-order valence-corrected chi connectivity index (χ1v) is 5.38. The fraction of sp³-hybridized carbons (Fsp3) is 0.0769. The minimum absolute atomic E-state index is 0.0807. The molecule has 0 aliphatic rings. The molecule has 0 aliphatic carbocycles. The van der Waals surface area contributed by atoms with Crippen molar-refractivity contribution in [1.29, 1.82) is 0 Å². The molecule has 1 nitrogen and oxygen atoms in total. The van der Waals surface area contributed by atoms with Gasteiger partial charge in [0.05, 0.1) is 5.56 Å². The summed E-state index contributed by atoms with van der Waals surface area (Å²) in [5, 5.41) is 0. The molecule has 2 aromatic carbocycles. The van der Waals surface area contributed by atoms with Crippen LogP contribution in [0.25, 0.3) is 11.1 Å². The highest BCUT2D eigenvalue weighted by Crippen LogP contribution is 2.33. The van der Waals surface area contributed by atoms with Crippen molar-refractivity contribution in [1.82, 2.24) is 0 Å². The van der Waals surface area contributed by atoms with E-state index in [1.54, 1.807) is 0 Å². The fourth-order valence-corrected chi connectivity index (χ4v) is 1.73. The van der Waals surface area contributed by atoms with Crippen LogP contribution in [0.4, 0.5) is 26.3 Å². The van der Waals surface area contributed by atoms with E-state index >= 15 is 0 Å². The topological polar surface area (TPSA) is 26.0 Å². The zero-order chi connectivity index (χ0) is 15.0. The number of rotatable bonds is 2. The number of nitrogens with two attached hydrogens (primary N) is 1. The summed E-state index contributed by atoms with van der Waals surface area (Å²) in [6.07, 6.45) is 0. The number of benzene rings is 2. The maximum absolute atomic E-state index is 13.6. The SMILES string of the molecule is NCc1ccc(F)c(-c2c(F)c(F)c(F)c(F)c2F)c1. The molecule has 0 saturated carbocycles. The Bertz CT molecular complexity index is 654. The van der Waals surface area contributed by atoms with E-state index < -0.39 is 46.0 Å². The van der Waals surface area contributed by atoms with Gasteiger partial charge in [0.15, 0.2) is 23.3 Å². The molecular formula is C13H7F6N. The first kappa shape index (κ1) is 14.4. The van der Waals surface area contributed by atoms with Crippen LogP contribution >= 0.6 is 0 Å². The van der Waals surface area contributed by atoms with Gasteiger partial charge in [-0.1, -0.05) is 6.07 Å². The molecule has 0 atom stereocenters. The van der Waals surface area contributed by atoms with Crippen LogP contribution in [0, 0.1) is 34.9 Å². The third-order valence-corrected chi connectivity index (χ3v) is 2.75. The van der Waals surface area contributed by atoms with Crippen LogP contribution in [-0.4, -0.2) is 0 Å². The minimum Gasteiger partial charge on any atom is -0.326 e. The maximum atomic E-state index is 13.6. The lowest BCUT2D eigenvalue weighted by molar-refractivity contribution is 0.381. The van der Waals surface area contributed by atoms with Gasteiger partial charge in [0, 0.05) is 12.1 Å². The predicted molar refractivity (Wildman–Crippen MR) is 59.5 cm³/mol. The highest BCUT2D eigenvalue weighted by Gasteiger charge is 2.28. The van der Waals surface area contributed by atoms with Gasteiger partial charge >= 0.3 is 0 Å². The molecule has 0 aliphatic heterocycles. The third-order valence-electron chi connectivity index (χ3n) is 2.75. The van der Waals surface area contributed by atoms with Gasteiger partial charge in [0.25, 0.3) is 0 Å². The number of hydrogen-bond acceptors (Lipinski definition) is 1. The van der Waals surface area contributed by atoms with E-state index in [0.29, 0.717) is 0 Å². The maximum Gasteiger partial charge on any atom is 0.200 e. The van der Waals surface area contributed by atoms with E-state index in [1.165, 1.54) is 6.07 Å². The first-order chi connectivity index (χ1) is 9.38.